The van der Waals surface area contributed by atoms with Gasteiger partial charge in [0.1, 0.15) is 0 Å². The molecule has 0 aromatic rings. The van der Waals surface area contributed by atoms with E-state index in [2.05, 4.69) is 10.2 Å². The van der Waals surface area contributed by atoms with Crippen LogP contribution in [0, 0.1) is 0 Å². The molecule has 3 rings (SSSR count). The van der Waals surface area contributed by atoms with Crippen molar-refractivity contribution >= 4 is 9.84 Å². The Morgan fingerprint density at radius 2 is 1.95 bits per heavy atom. The van der Waals surface area contributed by atoms with Crippen molar-refractivity contribution in [2.24, 2.45) is 0 Å². The summed E-state index contributed by atoms with van der Waals surface area (Å²) in [7, 11) is -2.94. The lowest BCUT2D eigenvalue weighted by Gasteiger charge is -2.41. The molecule has 2 fully saturated rings. The monoisotopic (exact) mass is 284 g/mol. The van der Waals surface area contributed by atoms with Crippen LogP contribution in [0.1, 0.15) is 38.5 Å². The van der Waals surface area contributed by atoms with Crippen LogP contribution in [-0.4, -0.2) is 50.3 Å². The van der Waals surface area contributed by atoms with Crippen molar-refractivity contribution in [2.45, 2.75) is 50.1 Å². The van der Waals surface area contributed by atoms with Crippen LogP contribution in [0.25, 0.3) is 0 Å². The molecule has 1 aliphatic carbocycles. The summed E-state index contributed by atoms with van der Waals surface area (Å²) in [5, 5.41) is 5.16. The molecule has 0 radical (unpaired) electrons. The molecule has 1 saturated carbocycles. The summed E-state index contributed by atoms with van der Waals surface area (Å²) in [6.07, 6.45) is 9.45. The number of nitrogens with one attached hydrogen (secondary N) is 1. The second-order valence-corrected chi connectivity index (χ2v) is 8.25. The van der Waals surface area contributed by atoms with Crippen LogP contribution in [0.4, 0.5) is 0 Å². The average molecular weight is 284 g/mol. The van der Waals surface area contributed by atoms with E-state index in [0.717, 1.165) is 26.1 Å². The highest BCUT2D eigenvalue weighted by atomic mass is 32.2. The van der Waals surface area contributed by atoms with Crippen LogP contribution in [0.3, 0.4) is 0 Å². The fourth-order valence-electron chi connectivity index (χ4n) is 3.79. The molecule has 2 heterocycles. The van der Waals surface area contributed by atoms with Crippen molar-refractivity contribution in [3.8, 4) is 0 Å². The zero-order chi connectivity index (χ0) is 13.3. The minimum atomic E-state index is -2.94. The fraction of sp³-hybridized carbons (Fsp3) is 0.857. The first-order valence-electron chi connectivity index (χ1n) is 7.49. The number of nitrogens with zero attached hydrogens (tertiary/aromatic N) is 1. The van der Waals surface area contributed by atoms with Gasteiger partial charge in [0, 0.05) is 30.1 Å². The van der Waals surface area contributed by atoms with Crippen molar-refractivity contribution < 1.29 is 8.42 Å². The van der Waals surface area contributed by atoms with Gasteiger partial charge in [0.2, 0.25) is 0 Å². The molecule has 3 aliphatic rings. The first kappa shape index (κ1) is 13.6. The Kier molecular flexibility index (Phi) is 3.71. The highest BCUT2D eigenvalue weighted by Gasteiger charge is 2.38. The molecular formula is C14H24N2O2S. The van der Waals surface area contributed by atoms with Crippen LogP contribution in [0.15, 0.2) is 11.5 Å². The zero-order valence-electron chi connectivity index (χ0n) is 11.5. The zero-order valence-corrected chi connectivity index (χ0v) is 12.3. The van der Waals surface area contributed by atoms with Crippen molar-refractivity contribution in [3.05, 3.63) is 11.5 Å². The maximum atomic E-state index is 11.6. The number of hydrogen-bond acceptors (Lipinski definition) is 4. The molecule has 1 unspecified atom stereocenters. The van der Waals surface area contributed by atoms with Gasteiger partial charge < -0.3 is 5.32 Å². The van der Waals surface area contributed by atoms with Crippen LogP contribution in [0.2, 0.25) is 0 Å². The van der Waals surface area contributed by atoms with Gasteiger partial charge in [-0.15, -0.1) is 0 Å². The molecule has 1 spiro atoms. The Morgan fingerprint density at radius 3 is 2.63 bits per heavy atom. The summed E-state index contributed by atoms with van der Waals surface area (Å²) < 4.78 is 23.2. The quantitative estimate of drug-likeness (QED) is 0.788. The van der Waals surface area contributed by atoms with Gasteiger partial charge in [0.15, 0.2) is 9.84 Å². The number of hydrogen-bond donors (Lipinski definition) is 1. The fourth-order valence-corrected chi connectivity index (χ4v) is 5.12. The van der Waals surface area contributed by atoms with Gasteiger partial charge in [-0.2, -0.15) is 0 Å². The molecule has 5 heteroatoms. The van der Waals surface area contributed by atoms with E-state index >= 15 is 0 Å². The van der Waals surface area contributed by atoms with Crippen LogP contribution in [0.5, 0.6) is 0 Å². The first-order valence-corrected chi connectivity index (χ1v) is 9.20. The molecule has 108 valence electrons. The van der Waals surface area contributed by atoms with E-state index in [-0.39, 0.29) is 17.3 Å². The molecule has 0 aromatic heterocycles. The minimum absolute atomic E-state index is 0.101. The van der Waals surface area contributed by atoms with Crippen molar-refractivity contribution in [3.63, 3.8) is 0 Å². The minimum Gasteiger partial charge on any atom is -0.310 e. The second kappa shape index (κ2) is 5.19. The Labute approximate surface area is 116 Å². The van der Waals surface area contributed by atoms with E-state index in [0.29, 0.717) is 0 Å². The van der Waals surface area contributed by atoms with Gasteiger partial charge >= 0.3 is 0 Å². The third-order valence-electron chi connectivity index (χ3n) is 4.82. The summed E-state index contributed by atoms with van der Waals surface area (Å²) in [5.41, 5.74) is 0.245. The molecule has 19 heavy (non-hydrogen) atoms. The van der Waals surface area contributed by atoms with E-state index in [9.17, 15) is 8.42 Å². The largest absolute Gasteiger partial charge is 0.310 e. The van der Waals surface area contributed by atoms with Gasteiger partial charge in [-0.3, -0.25) is 4.90 Å². The van der Waals surface area contributed by atoms with E-state index in [4.69, 9.17) is 0 Å². The Bertz CT molecular complexity index is 452. The number of rotatable bonds is 1. The topological polar surface area (TPSA) is 49.4 Å². The molecular weight excluding hydrogens is 260 g/mol. The Morgan fingerprint density at radius 1 is 1.16 bits per heavy atom. The lowest BCUT2D eigenvalue weighted by atomic mass is 9.81. The summed E-state index contributed by atoms with van der Waals surface area (Å²) >= 11 is 0. The molecule has 1 atom stereocenters. The normalized spacial score (nSPS) is 34.4. The maximum absolute atomic E-state index is 11.6. The van der Waals surface area contributed by atoms with Crippen molar-refractivity contribution in [2.75, 3.05) is 25.4 Å². The molecule has 1 N–H and O–H groups in total. The third kappa shape index (κ3) is 3.03. The molecule has 1 saturated heterocycles. The van der Waals surface area contributed by atoms with E-state index in [1.54, 1.807) is 0 Å². The van der Waals surface area contributed by atoms with Crippen LogP contribution in [-0.2, 0) is 9.84 Å². The van der Waals surface area contributed by atoms with Crippen molar-refractivity contribution in [1.82, 2.24) is 10.2 Å². The molecule has 0 aromatic carbocycles. The van der Waals surface area contributed by atoms with E-state index < -0.39 is 9.84 Å². The standard InChI is InChI=1S/C14H24N2O2S/c17-19(18)10-5-13(11-19)16-9-4-8-15-14(12-16)6-2-1-3-7-14/h5,10,13,15H,1-4,6-9,11-12H2. The smallest absolute Gasteiger partial charge is 0.173 e. The van der Waals surface area contributed by atoms with Crippen LogP contribution < -0.4 is 5.32 Å². The molecule has 0 bridgehead atoms. The summed E-state index contributed by atoms with van der Waals surface area (Å²) in [6.45, 7) is 3.09. The lowest BCUT2D eigenvalue weighted by molar-refractivity contribution is 0.151. The summed E-state index contributed by atoms with van der Waals surface area (Å²) in [5.74, 6) is 0.281. The maximum Gasteiger partial charge on any atom is 0.173 e. The molecule has 0 amide bonds. The average Bonchev–Trinajstić information content (AvgIpc) is 2.63. The SMILES string of the molecule is O=S1(=O)C=CC(N2CCCNC3(CCCCC3)C2)C1. The lowest BCUT2D eigenvalue weighted by Crippen LogP contribution is -2.54. The predicted octanol–water partition coefficient (Wildman–Crippen LogP) is 1.30. The van der Waals surface area contributed by atoms with Gasteiger partial charge in [-0.25, -0.2) is 8.42 Å². The highest BCUT2D eigenvalue weighted by molar-refractivity contribution is 7.94. The third-order valence-corrected chi connectivity index (χ3v) is 6.20. The van der Waals surface area contributed by atoms with Gasteiger partial charge in [0.25, 0.3) is 0 Å². The Hall–Kier alpha value is -0.390. The van der Waals surface area contributed by atoms with E-state index in [1.165, 1.54) is 37.5 Å². The first-order chi connectivity index (χ1) is 9.09. The Balaban J connectivity index is 1.73. The number of sulfone groups is 1. The van der Waals surface area contributed by atoms with Crippen LogP contribution >= 0.6 is 0 Å². The van der Waals surface area contributed by atoms with Crippen molar-refractivity contribution in [1.29, 1.82) is 0 Å². The highest BCUT2D eigenvalue weighted by Crippen LogP contribution is 2.31. The van der Waals surface area contributed by atoms with Gasteiger partial charge in [-0.05, 0) is 25.8 Å². The molecule has 4 nitrogen and oxygen atoms in total. The van der Waals surface area contributed by atoms with Gasteiger partial charge in [-0.1, -0.05) is 25.3 Å². The van der Waals surface area contributed by atoms with Gasteiger partial charge in [0.05, 0.1) is 5.75 Å². The predicted molar refractivity (Wildman–Crippen MR) is 76.7 cm³/mol. The van der Waals surface area contributed by atoms with E-state index in [1.807, 2.05) is 6.08 Å². The molecule has 2 aliphatic heterocycles. The summed E-state index contributed by atoms with van der Waals surface area (Å²) in [6, 6.07) is 0.101. The second-order valence-electron chi connectivity index (χ2n) is 6.32. The summed E-state index contributed by atoms with van der Waals surface area (Å²) in [4.78, 5) is 2.40.